The molecule has 7 nitrogen and oxygen atoms in total. The number of aromatic amines is 1. The van der Waals surface area contributed by atoms with E-state index in [0.29, 0.717) is 5.82 Å². The van der Waals surface area contributed by atoms with Crippen molar-refractivity contribution in [2.45, 2.75) is 52.0 Å². The van der Waals surface area contributed by atoms with Crippen LogP contribution in [0.2, 0.25) is 0 Å². The lowest BCUT2D eigenvalue weighted by molar-refractivity contribution is 0.657. The summed E-state index contributed by atoms with van der Waals surface area (Å²) in [6, 6.07) is 21.2. The third-order valence-electron chi connectivity index (χ3n) is 6.24. The maximum Gasteiger partial charge on any atom is 0.204 e. The maximum absolute atomic E-state index is 4.87. The number of nitrogens with one attached hydrogen (secondary N) is 1. The van der Waals surface area contributed by atoms with Gasteiger partial charge in [0.05, 0.1) is 6.54 Å². The van der Waals surface area contributed by atoms with Crippen molar-refractivity contribution in [2.75, 3.05) is 0 Å². The number of aryl methyl sites for hydroxylation is 3. The first-order chi connectivity index (χ1) is 16.8. The summed E-state index contributed by atoms with van der Waals surface area (Å²) in [5.74, 6) is 1.77. The fraction of sp³-hybridized carbons (Fsp3) is 0.296. The minimum Gasteiger partial charge on any atom is -0.308 e. The number of unbranched alkanes of at least 4 members (excludes halogenated alkanes) is 2. The zero-order valence-electron chi connectivity index (χ0n) is 19.5. The van der Waals surface area contributed by atoms with Crippen molar-refractivity contribution in [1.82, 2.24) is 35.2 Å². The Labute approximate surface area is 199 Å². The van der Waals surface area contributed by atoms with E-state index in [1.807, 2.05) is 24.4 Å². The van der Waals surface area contributed by atoms with Gasteiger partial charge in [-0.15, -0.1) is 10.2 Å². The van der Waals surface area contributed by atoms with Gasteiger partial charge in [-0.25, -0.2) is 9.97 Å². The number of imidazole rings is 1. The number of benzene rings is 2. The predicted molar refractivity (Wildman–Crippen MR) is 133 cm³/mol. The van der Waals surface area contributed by atoms with Gasteiger partial charge in [0.2, 0.25) is 5.82 Å². The Morgan fingerprint density at radius 1 is 0.853 bits per heavy atom. The molecule has 0 fully saturated rings. The highest BCUT2D eigenvalue weighted by Gasteiger charge is 2.12. The number of nitrogens with zero attached hydrogens (tertiary/aromatic N) is 6. The molecule has 0 aliphatic rings. The molecule has 5 rings (SSSR count). The van der Waals surface area contributed by atoms with Crippen LogP contribution in [0.15, 0.2) is 66.9 Å². The molecule has 0 atom stereocenters. The summed E-state index contributed by atoms with van der Waals surface area (Å²) in [5.41, 5.74) is 6.77. The van der Waals surface area contributed by atoms with Crippen LogP contribution in [0.4, 0.5) is 0 Å². The minimum absolute atomic E-state index is 0.641. The smallest absolute Gasteiger partial charge is 0.204 e. The van der Waals surface area contributed by atoms with Gasteiger partial charge < -0.3 is 4.57 Å². The standard InChI is InChI=1S/C27H29N7/c1-2-3-4-11-25-29-24-10-7-18-28-27(24)34(25)19-21-14-12-20(13-15-21)16-17-22-8-5-6-9-23(22)26-30-32-33-31-26/h5-10,12-15,18H,2-4,11,16-17,19H2,1H3,(H,30,31,32,33). The Bertz CT molecular complexity index is 1340. The molecule has 0 saturated carbocycles. The molecule has 0 bridgehead atoms. The van der Waals surface area contributed by atoms with E-state index in [4.69, 9.17) is 4.98 Å². The molecule has 0 aliphatic heterocycles. The molecule has 0 spiro atoms. The first-order valence-electron chi connectivity index (χ1n) is 12.0. The normalized spacial score (nSPS) is 11.3. The van der Waals surface area contributed by atoms with E-state index < -0.39 is 0 Å². The van der Waals surface area contributed by atoms with Crippen LogP contribution < -0.4 is 0 Å². The number of tetrazole rings is 1. The van der Waals surface area contributed by atoms with Gasteiger partial charge in [0.15, 0.2) is 5.65 Å². The highest BCUT2D eigenvalue weighted by molar-refractivity contribution is 5.71. The Morgan fingerprint density at radius 2 is 1.71 bits per heavy atom. The van der Waals surface area contributed by atoms with Crippen molar-refractivity contribution in [3.63, 3.8) is 0 Å². The van der Waals surface area contributed by atoms with Gasteiger partial charge in [-0.1, -0.05) is 68.3 Å². The van der Waals surface area contributed by atoms with E-state index in [-0.39, 0.29) is 0 Å². The summed E-state index contributed by atoms with van der Waals surface area (Å²) in [6.07, 6.45) is 8.30. The molecule has 7 heteroatoms. The van der Waals surface area contributed by atoms with Crippen molar-refractivity contribution in [3.05, 3.63) is 89.4 Å². The van der Waals surface area contributed by atoms with Crippen LogP contribution >= 0.6 is 0 Å². The van der Waals surface area contributed by atoms with Crippen LogP contribution in [0.5, 0.6) is 0 Å². The van der Waals surface area contributed by atoms with Crippen LogP contribution in [-0.2, 0) is 25.8 Å². The average Bonchev–Trinajstić information content (AvgIpc) is 3.53. The summed E-state index contributed by atoms with van der Waals surface area (Å²) >= 11 is 0. The first-order valence-corrected chi connectivity index (χ1v) is 12.0. The van der Waals surface area contributed by atoms with Crippen LogP contribution in [0.25, 0.3) is 22.6 Å². The van der Waals surface area contributed by atoms with Gasteiger partial charge in [0, 0.05) is 18.2 Å². The van der Waals surface area contributed by atoms with Crippen LogP contribution in [-0.4, -0.2) is 35.2 Å². The molecule has 34 heavy (non-hydrogen) atoms. The Morgan fingerprint density at radius 3 is 2.53 bits per heavy atom. The Balaban J connectivity index is 1.30. The van der Waals surface area contributed by atoms with Crippen molar-refractivity contribution in [1.29, 1.82) is 0 Å². The SMILES string of the molecule is CCCCCc1nc2cccnc2n1Cc1ccc(CCc2ccccc2-c2nn[nH]n2)cc1. The van der Waals surface area contributed by atoms with Crippen molar-refractivity contribution in [2.24, 2.45) is 0 Å². The van der Waals surface area contributed by atoms with E-state index >= 15 is 0 Å². The van der Waals surface area contributed by atoms with Crippen molar-refractivity contribution >= 4 is 11.2 Å². The summed E-state index contributed by atoms with van der Waals surface area (Å²) in [4.78, 5) is 9.49. The van der Waals surface area contributed by atoms with Gasteiger partial charge >= 0.3 is 0 Å². The lowest BCUT2D eigenvalue weighted by Gasteiger charge is -2.10. The number of fused-ring (bicyclic) bond motifs is 1. The van der Waals surface area contributed by atoms with Crippen molar-refractivity contribution < 1.29 is 0 Å². The summed E-state index contributed by atoms with van der Waals surface area (Å²) < 4.78 is 2.28. The van der Waals surface area contributed by atoms with Crippen LogP contribution in [0.3, 0.4) is 0 Å². The van der Waals surface area contributed by atoms with Crippen molar-refractivity contribution in [3.8, 4) is 11.4 Å². The molecule has 0 aliphatic carbocycles. The van der Waals surface area contributed by atoms with E-state index in [0.717, 1.165) is 54.8 Å². The first kappa shape index (κ1) is 21.9. The van der Waals surface area contributed by atoms with Gasteiger partial charge in [-0.2, -0.15) is 5.21 Å². The van der Waals surface area contributed by atoms with E-state index in [1.54, 1.807) is 0 Å². The highest BCUT2D eigenvalue weighted by Crippen LogP contribution is 2.22. The molecule has 5 aromatic rings. The zero-order chi connectivity index (χ0) is 23.2. The third-order valence-corrected chi connectivity index (χ3v) is 6.24. The van der Waals surface area contributed by atoms with Gasteiger partial charge in [-0.05, 0) is 53.3 Å². The van der Waals surface area contributed by atoms with E-state index in [1.165, 1.54) is 29.5 Å². The number of rotatable bonds is 10. The summed E-state index contributed by atoms with van der Waals surface area (Å²) in [5, 5.41) is 14.5. The molecule has 0 radical (unpaired) electrons. The molecule has 1 N–H and O–H groups in total. The fourth-order valence-corrected chi connectivity index (χ4v) is 4.40. The monoisotopic (exact) mass is 451 g/mol. The summed E-state index contributed by atoms with van der Waals surface area (Å²) in [7, 11) is 0. The molecule has 0 saturated heterocycles. The number of aromatic nitrogens is 7. The largest absolute Gasteiger partial charge is 0.308 e. The molecule has 0 amide bonds. The zero-order valence-corrected chi connectivity index (χ0v) is 19.5. The van der Waals surface area contributed by atoms with Gasteiger partial charge in [0.1, 0.15) is 11.3 Å². The number of pyridine rings is 1. The van der Waals surface area contributed by atoms with Gasteiger partial charge in [-0.3, -0.25) is 0 Å². The van der Waals surface area contributed by atoms with E-state index in [9.17, 15) is 0 Å². The molecule has 3 aromatic heterocycles. The number of hydrogen-bond donors (Lipinski definition) is 1. The predicted octanol–water partition coefficient (Wildman–Crippen LogP) is 5.18. The second-order valence-electron chi connectivity index (χ2n) is 8.63. The second kappa shape index (κ2) is 10.4. The number of H-pyrrole nitrogens is 1. The topological polar surface area (TPSA) is 85.2 Å². The molecule has 3 heterocycles. The maximum atomic E-state index is 4.87. The number of hydrogen-bond acceptors (Lipinski definition) is 5. The molecule has 0 unspecified atom stereocenters. The quantitative estimate of drug-likeness (QED) is 0.296. The molecule has 2 aromatic carbocycles. The lowest BCUT2D eigenvalue weighted by Crippen LogP contribution is -2.06. The van der Waals surface area contributed by atoms with Crippen LogP contribution in [0.1, 0.15) is 48.7 Å². The van der Waals surface area contributed by atoms with E-state index in [2.05, 4.69) is 79.6 Å². The highest BCUT2D eigenvalue weighted by atomic mass is 15.5. The van der Waals surface area contributed by atoms with Crippen LogP contribution in [0, 0.1) is 0 Å². The molecular weight excluding hydrogens is 422 g/mol. The average molecular weight is 452 g/mol. The fourth-order valence-electron chi connectivity index (χ4n) is 4.40. The van der Waals surface area contributed by atoms with Gasteiger partial charge in [0.25, 0.3) is 0 Å². The molecular formula is C27H29N7. The Kier molecular flexibility index (Phi) is 6.70. The second-order valence-corrected chi connectivity index (χ2v) is 8.63. The lowest BCUT2D eigenvalue weighted by atomic mass is 9.99. The molecule has 172 valence electrons. The minimum atomic E-state index is 0.641. The third kappa shape index (κ3) is 4.88. The Hall–Kier alpha value is -3.87. The summed E-state index contributed by atoms with van der Waals surface area (Å²) in [6.45, 7) is 3.02.